The summed E-state index contributed by atoms with van der Waals surface area (Å²) in [6.07, 6.45) is 3.97. The molecule has 0 aliphatic carbocycles. The quantitative estimate of drug-likeness (QED) is 0.731. The average molecular weight is 326 g/mol. The molecule has 0 amide bonds. The van der Waals surface area contributed by atoms with Crippen molar-refractivity contribution in [3.8, 4) is 5.69 Å². The molecule has 1 unspecified atom stereocenters. The molecule has 0 spiro atoms. The van der Waals surface area contributed by atoms with E-state index < -0.39 is 5.60 Å². The van der Waals surface area contributed by atoms with E-state index >= 15 is 0 Å². The van der Waals surface area contributed by atoms with E-state index in [1.807, 2.05) is 36.1 Å². The van der Waals surface area contributed by atoms with Gasteiger partial charge < -0.3 is 10.0 Å². The van der Waals surface area contributed by atoms with Crippen LogP contribution >= 0.6 is 0 Å². The molecule has 1 atom stereocenters. The Morgan fingerprint density at radius 3 is 2.79 bits per heavy atom. The molecule has 3 heterocycles. The average Bonchev–Trinajstić information content (AvgIpc) is 3.29. The summed E-state index contributed by atoms with van der Waals surface area (Å²) >= 11 is 0. The van der Waals surface area contributed by atoms with Crippen LogP contribution in [0, 0.1) is 6.92 Å². The third-order valence-corrected chi connectivity index (χ3v) is 4.27. The molecule has 0 radical (unpaired) electrons. The monoisotopic (exact) mass is 326 g/mol. The van der Waals surface area contributed by atoms with Crippen molar-refractivity contribution in [1.82, 2.24) is 35.2 Å². The van der Waals surface area contributed by atoms with Crippen LogP contribution in [0.4, 0.5) is 5.95 Å². The summed E-state index contributed by atoms with van der Waals surface area (Å²) in [7, 11) is 0. The zero-order valence-electron chi connectivity index (χ0n) is 13.3. The van der Waals surface area contributed by atoms with Crippen molar-refractivity contribution < 1.29 is 5.11 Å². The largest absolute Gasteiger partial charge is 0.386 e. The van der Waals surface area contributed by atoms with Crippen LogP contribution in [-0.2, 0) is 6.54 Å². The van der Waals surface area contributed by atoms with Crippen molar-refractivity contribution in [2.75, 3.05) is 18.0 Å². The van der Waals surface area contributed by atoms with Crippen LogP contribution in [0.25, 0.3) is 5.69 Å². The number of benzene rings is 1. The summed E-state index contributed by atoms with van der Waals surface area (Å²) in [6, 6.07) is 8.00. The lowest BCUT2D eigenvalue weighted by Gasteiger charge is -2.23. The molecule has 24 heavy (non-hydrogen) atoms. The first-order chi connectivity index (χ1) is 11.6. The smallest absolute Gasteiger partial charge is 0.250 e. The summed E-state index contributed by atoms with van der Waals surface area (Å²) in [6.45, 7) is 3.56. The van der Waals surface area contributed by atoms with Gasteiger partial charge in [-0.2, -0.15) is 4.68 Å². The van der Waals surface area contributed by atoms with Gasteiger partial charge in [-0.15, -0.1) is 5.10 Å². The highest BCUT2D eigenvalue weighted by Gasteiger charge is 2.38. The zero-order chi connectivity index (χ0) is 16.6. The molecule has 1 aliphatic rings. The maximum atomic E-state index is 10.8. The number of rotatable bonds is 4. The Kier molecular flexibility index (Phi) is 3.49. The molecule has 2 aromatic heterocycles. The highest BCUT2D eigenvalue weighted by molar-refractivity contribution is 5.43. The predicted octanol–water partition coefficient (Wildman–Crippen LogP) is 0.204. The molecule has 4 rings (SSSR count). The van der Waals surface area contributed by atoms with E-state index in [-0.39, 0.29) is 0 Å². The van der Waals surface area contributed by atoms with E-state index in [9.17, 15) is 5.11 Å². The molecule has 3 aromatic rings. The van der Waals surface area contributed by atoms with Gasteiger partial charge in [0.15, 0.2) is 0 Å². The zero-order valence-corrected chi connectivity index (χ0v) is 13.3. The van der Waals surface area contributed by atoms with Crippen LogP contribution in [0.5, 0.6) is 0 Å². The minimum absolute atomic E-state index is 0.398. The minimum atomic E-state index is -0.877. The molecule has 0 saturated carbocycles. The molecule has 0 bridgehead atoms. The number of tetrazole rings is 1. The summed E-state index contributed by atoms with van der Waals surface area (Å²) < 4.78 is 3.34. The molecule has 1 fully saturated rings. The summed E-state index contributed by atoms with van der Waals surface area (Å²) in [5, 5.41) is 30.6. The number of hydrogen-bond donors (Lipinski definition) is 1. The van der Waals surface area contributed by atoms with E-state index in [1.165, 1.54) is 5.56 Å². The Hall–Kier alpha value is -2.81. The van der Waals surface area contributed by atoms with E-state index in [1.54, 1.807) is 21.8 Å². The van der Waals surface area contributed by atoms with Gasteiger partial charge in [-0.25, -0.2) is 4.68 Å². The molecular weight excluding hydrogens is 308 g/mol. The van der Waals surface area contributed by atoms with Gasteiger partial charge in [0.1, 0.15) is 5.60 Å². The van der Waals surface area contributed by atoms with Crippen LogP contribution in [-0.4, -0.2) is 59.0 Å². The second-order valence-corrected chi connectivity index (χ2v) is 6.22. The molecule has 1 N–H and O–H groups in total. The summed E-state index contributed by atoms with van der Waals surface area (Å²) in [4.78, 5) is 2.00. The number of aliphatic hydroxyl groups is 1. The molecular formula is C15H18N8O. The Morgan fingerprint density at radius 1 is 1.21 bits per heavy atom. The van der Waals surface area contributed by atoms with E-state index in [2.05, 4.69) is 25.8 Å². The van der Waals surface area contributed by atoms with Crippen LogP contribution < -0.4 is 4.90 Å². The lowest BCUT2D eigenvalue weighted by molar-refractivity contribution is 0.0407. The third-order valence-electron chi connectivity index (χ3n) is 4.27. The number of anilines is 1. The standard InChI is InChI=1S/C15H18N8O/c1-12-2-4-13(5-3-12)23-14(17-18-20-23)21-8-6-15(24,10-21)11-22-9-7-16-19-22/h2-5,7,9,24H,6,8,10-11H2,1H3. The highest BCUT2D eigenvalue weighted by atomic mass is 16.3. The first-order valence-corrected chi connectivity index (χ1v) is 7.80. The fourth-order valence-corrected chi connectivity index (χ4v) is 3.01. The second kappa shape index (κ2) is 5.68. The van der Waals surface area contributed by atoms with Crippen LogP contribution in [0.2, 0.25) is 0 Å². The van der Waals surface area contributed by atoms with Gasteiger partial charge in [0.25, 0.3) is 0 Å². The van der Waals surface area contributed by atoms with E-state index in [4.69, 9.17) is 0 Å². The fraction of sp³-hybridized carbons (Fsp3) is 0.400. The molecule has 9 nitrogen and oxygen atoms in total. The summed E-state index contributed by atoms with van der Waals surface area (Å²) in [5.74, 6) is 0.633. The van der Waals surface area contributed by atoms with Gasteiger partial charge in [-0.1, -0.05) is 28.0 Å². The number of aromatic nitrogens is 7. The molecule has 1 aromatic carbocycles. The molecule has 1 aliphatic heterocycles. The van der Waals surface area contributed by atoms with Crippen LogP contribution in [0.15, 0.2) is 36.7 Å². The van der Waals surface area contributed by atoms with Crippen molar-refractivity contribution in [3.63, 3.8) is 0 Å². The van der Waals surface area contributed by atoms with Gasteiger partial charge in [0.05, 0.1) is 25.0 Å². The Labute approximate surface area is 138 Å². The summed E-state index contributed by atoms with van der Waals surface area (Å²) in [5.41, 5.74) is 1.20. The lowest BCUT2D eigenvalue weighted by atomic mass is 10.0. The number of aryl methyl sites for hydroxylation is 1. The van der Waals surface area contributed by atoms with Crippen molar-refractivity contribution in [2.45, 2.75) is 25.5 Å². The Bertz CT molecular complexity index is 812. The Morgan fingerprint density at radius 2 is 2.04 bits per heavy atom. The normalized spacial score (nSPS) is 20.7. The van der Waals surface area contributed by atoms with Gasteiger partial charge in [-0.05, 0) is 35.9 Å². The van der Waals surface area contributed by atoms with Crippen molar-refractivity contribution in [2.24, 2.45) is 0 Å². The maximum absolute atomic E-state index is 10.8. The lowest BCUT2D eigenvalue weighted by Crippen LogP contribution is -2.38. The molecule has 1 saturated heterocycles. The number of hydrogen-bond acceptors (Lipinski definition) is 7. The van der Waals surface area contributed by atoms with Crippen LogP contribution in [0.1, 0.15) is 12.0 Å². The molecule has 9 heteroatoms. The topological polar surface area (TPSA) is 97.8 Å². The predicted molar refractivity (Wildman–Crippen MR) is 85.7 cm³/mol. The first kappa shape index (κ1) is 14.8. The van der Waals surface area contributed by atoms with Crippen LogP contribution in [0.3, 0.4) is 0 Å². The minimum Gasteiger partial charge on any atom is -0.386 e. The number of β-amino-alcohol motifs (C(OH)–C–C–N with tert-alkyl or cyclic N) is 1. The van der Waals surface area contributed by atoms with Gasteiger partial charge in [-0.3, -0.25) is 0 Å². The fourth-order valence-electron chi connectivity index (χ4n) is 3.01. The Balaban J connectivity index is 1.55. The maximum Gasteiger partial charge on any atom is 0.250 e. The van der Waals surface area contributed by atoms with Crippen molar-refractivity contribution in [3.05, 3.63) is 42.2 Å². The van der Waals surface area contributed by atoms with Crippen molar-refractivity contribution >= 4 is 5.95 Å². The van der Waals surface area contributed by atoms with Gasteiger partial charge in [0, 0.05) is 12.7 Å². The highest BCUT2D eigenvalue weighted by Crippen LogP contribution is 2.27. The third kappa shape index (κ3) is 2.73. The SMILES string of the molecule is Cc1ccc(-n2nnnc2N2CCC(O)(Cn3ccnn3)C2)cc1. The molecule has 124 valence electrons. The van der Waals surface area contributed by atoms with Gasteiger partial charge >= 0.3 is 0 Å². The van der Waals surface area contributed by atoms with Crippen molar-refractivity contribution in [1.29, 1.82) is 0 Å². The number of nitrogens with zero attached hydrogens (tertiary/aromatic N) is 8. The van der Waals surface area contributed by atoms with E-state index in [0.29, 0.717) is 32.0 Å². The van der Waals surface area contributed by atoms with Gasteiger partial charge in [0.2, 0.25) is 5.95 Å². The first-order valence-electron chi connectivity index (χ1n) is 7.80. The van der Waals surface area contributed by atoms with E-state index in [0.717, 1.165) is 5.69 Å². The second-order valence-electron chi connectivity index (χ2n) is 6.22.